The molecule has 20 heavy (non-hydrogen) atoms. The van der Waals surface area contributed by atoms with E-state index in [2.05, 4.69) is 26.0 Å². The van der Waals surface area contributed by atoms with Crippen molar-refractivity contribution in [3.8, 4) is 0 Å². The van der Waals surface area contributed by atoms with Gasteiger partial charge < -0.3 is 14.8 Å². The molecule has 1 aliphatic heterocycles. The van der Waals surface area contributed by atoms with Crippen LogP contribution in [0.1, 0.15) is 57.4 Å². The highest BCUT2D eigenvalue weighted by atomic mass is 15.2. The van der Waals surface area contributed by atoms with Crippen LogP contribution in [0.25, 0.3) is 0 Å². The lowest BCUT2D eigenvalue weighted by Gasteiger charge is -2.27. The molecule has 0 unspecified atom stereocenters. The molecule has 2 heterocycles. The van der Waals surface area contributed by atoms with Gasteiger partial charge in [-0.3, -0.25) is 0 Å². The maximum Gasteiger partial charge on any atom is 0.203 e. The lowest BCUT2D eigenvalue weighted by atomic mass is 9.95. The Morgan fingerprint density at radius 1 is 1.05 bits per heavy atom. The average Bonchev–Trinajstić information content (AvgIpc) is 2.98. The van der Waals surface area contributed by atoms with Gasteiger partial charge in [-0.05, 0) is 38.8 Å². The fourth-order valence-electron chi connectivity index (χ4n) is 3.61. The van der Waals surface area contributed by atoms with Crippen molar-refractivity contribution in [1.82, 2.24) is 14.5 Å². The predicted octanol–water partition coefficient (Wildman–Crippen LogP) is 3.29. The monoisotopic (exact) mass is 276 g/mol. The average molecular weight is 276 g/mol. The Kier molecular flexibility index (Phi) is 4.96. The molecule has 0 aromatic carbocycles. The van der Waals surface area contributed by atoms with E-state index < -0.39 is 0 Å². The summed E-state index contributed by atoms with van der Waals surface area (Å²) in [4.78, 5) is 7.08. The molecule has 0 spiro atoms. The van der Waals surface area contributed by atoms with Crippen LogP contribution >= 0.6 is 0 Å². The van der Waals surface area contributed by atoms with Crippen molar-refractivity contribution in [1.29, 1.82) is 0 Å². The second kappa shape index (κ2) is 7.11. The van der Waals surface area contributed by atoms with Crippen molar-refractivity contribution >= 4 is 5.95 Å². The molecule has 1 aliphatic carbocycles. The number of imidazole rings is 1. The Morgan fingerprint density at radius 2 is 1.80 bits per heavy atom. The Hall–Kier alpha value is -1.03. The Balaban J connectivity index is 1.48. The normalized spacial score (nSPS) is 22.0. The van der Waals surface area contributed by atoms with Crippen LogP contribution in [0, 0.1) is 0 Å². The minimum absolute atomic E-state index is 0.670. The topological polar surface area (TPSA) is 33.1 Å². The largest absolute Gasteiger partial charge is 0.354 e. The molecule has 1 saturated carbocycles. The van der Waals surface area contributed by atoms with Gasteiger partial charge in [-0.25, -0.2) is 4.98 Å². The summed E-state index contributed by atoms with van der Waals surface area (Å²) in [7, 11) is 0. The third-order valence-electron chi connectivity index (χ3n) is 4.80. The van der Waals surface area contributed by atoms with Crippen LogP contribution in [-0.2, 0) is 0 Å². The maximum atomic E-state index is 4.51. The van der Waals surface area contributed by atoms with Gasteiger partial charge in [0, 0.05) is 31.5 Å². The molecule has 1 N–H and O–H groups in total. The van der Waals surface area contributed by atoms with E-state index in [1.54, 1.807) is 0 Å². The lowest BCUT2D eigenvalue weighted by molar-refractivity contribution is 0.237. The van der Waals surface area contributed by atoms with Gasteiger partial charge in [0.15, 0.2) is 0 Å². The summed E-state index contributed by atoms with van der Waals surface area (Å²) < 4.78 is 2.37. The van der Waals surface area contributed by atoms with E-state index in [1.807, 2.05) is 6.20 Å². The summed E-state index contributed by atoms with van der Waals surface area (Å²) >= 11 is 0. The summed E-state index contributed by atoms with van der Waals surface area (Å²) in [6, 6.07) is 0.670. The molecule has 2 aliphatic rings. The van der Waals surface area contributed by atoms with Crippen molar-refractivity contribution in [2.24, 2.45) is 0 Å². The van der Waals surface area contributed by atoms with Crippen LogP contribution < -0.4 is 5.32 Å². The molecule has 112 valence electrons. The SMILES string of the molecule is c1cn(C2CCCCC2)c(NCCN2CCCCC2)n1. The minimum Gasteiger partial charge on any atom is -0.354 e. The molecule has 1 saturated heterocycles. The molecule has 2 fully saturated rings. The second-order valence-corrected chi connectivity index (χ2v) is 6.28. The first-order chi connectivity index (χ1) is 9.93. The first kappa shape index (κ1) is 13.9. The molecule has 4 nitrogen and oxygen atoms in total. The van der Waals surface area contributed by atoms with Gasteiger partial charge in [-0.1, -0.05) is 25.7 Å². The summed E-state index contributed by atoms with van der Waals surface area (Å²) in [6.45, 7) is 4.72. The third kappa shape index (κ3) is 3.54. The lowest BCUT2D eigenvalue weighted by Crippen LogP contribution is -2.34. The molecule has 0 atom stereocenters. The zero-order valence-corrected chi connectivity index (χ0v) is 12.6. The third-order valence-corrected chi connectivity index (χ3v) is 4.80. The van der Waals surface area contributed by atoms with E-state index in [0.717, 1.165) is 19.0 Å². The van der Waals surface area contributed by atoms with Crippen molar-refractivity contribution < 1.29 is 0 Å². The molecule has 0 radical (unpaired) electrons. The van der Waals surface area contributed by atoms with Gasteiger partial charge in [0.25, 0.3) is 0 Å². The van der Waals surface area contributed by atoms with Crippen LogP contribution in [0.15, 0.2) is 12.4 Å². The number of hydrogen-bond donors (Lipinski definition) is 1. The smallest absolute Gasteiger partial charge is 0.203 e. The Morgan fingerprint density at radius 3 is 2.60 bits per heavy atom. The summed E-state index contributed by atoms with van der Waals surface area (Å²) in [6.07, 6.45) is 15.0. The van der Waals surface area contributed by atoms with E-state index >= 15 is 0 Å². The number of hydrogen-bond acceptors (Lipinski definition) is 3. The number of nitrogens with one attached hydrogen (secondary N) is 1. The van der Waals surface area contributed by atoms with Crippen LogP contribution in [-0.4, -0.2) is 40.6 Å². The van der Waals surface area contributed by atoms with E-state index in [0.29, 0.717) is 6.04 Å². The first-order valence-electron chi connectivity index (χ1n) is 8.42. The predicted molar refractivity (Wildman–Crippen MR) is 83.1 cm³/mol. The molecular formula is C16H28N4. The zero-order valence-electron chi connectivity index (χ0n) is 12.6. The van der Waals surface area contributed by atoms with Gasteiger partial charge in [0.2, 0.25) is 5.95 Å². The summed E-state index contributed by atoms with van der Waals surface area (Å²) in [5, 5.41) is 3.55. The number of rotatable bonds is 5. The Bertz CT molecular complexity index is 389. The highest BCUT2D eigenvalue weighted by molar-refractivity contribution is 5.26. The van der Waals surface area contributed by atoms with Crippen LogP contribution in [0.4, 0.5) is 5.95 Å². The molecule has 1 aromatic rings. The number of anilines is 1. The van der Waals surface area contributed by atoms with E-state index in [-0.39, 0.29) is 0 Å². The molecule has 0 bridgehead atoms. The standard InChI is InChI=1S/C16H28N4/c1-3-7-15(8-4-1)20-14-10-18-16(20)17-9-13-19-11-5-2-6-12-19/h10,14-15H,1-9,11-13H2,(H,17,18). The van der Waals surface area contributed by atoms with Crippen LogP contribution in [0.5, 0.6) is 0 Å². The summed E-state index contributed by atoms with van der Waals surface area (Å²) in [5.41, 5.74) is 0. The van der Waals surface area contributed by atoms with Gasteiger partial charge in [-0.2, -0.15) is 0 Å². The molecular weight excluding hydrogens is 248 g/mol. The van der Waals surface area contributed by atoms with Gasteiger partial charge in [0.1, 0.15) is 0 Å². The van der Waals surface area contributed by atoms with Gasteiger partial charge in [0.05, 0.1) is 0 Å². The quantitative estimate of drug-likeness (QED) is 0.896. The van der Waals surface area contributed by atoms with Gasteiger partial charge in [-0.15, -0.1) is 0 Å². The molecule has 4 heteroatoms. The van der Waals surface area contributed by atoms with Crippen molar-refractivity contribution in [3.05, 3.63) is 12.4 Å². The second-order valence-electron chi connectivity index (χ2n) is 6.28. The zero-order chi connectivity index (χ0) is 13.6. The molecule has 1 aromatic heterocycles. The fraction of sp³-hybridized carbons (Fsp3) is 0.812. The fourth-order valence-corrected chi connectivity index (χ4v) is 3.61. The first-order valence-corrected chi connectivity index (χ1v) is 8.42. The Labute approximate surface area is 122 Å². The van der Waals surface area contributed by atoms with Crippen LogP contribution in [0.2, 0.25) is 0 Å². The van der Waals surface area contributed by atoms with Gasteiger partial charge >= 0.3 is 0 Å². The van der Waals surface area contributed by atoms with E-state index in [1.165, 1.54) is 64.5 Å². The number of aromatic nitrogens is 2. The van der Waals surface area contributed by atoms with Crippen molar-refractivity contribution in [2.75, 3.05) is 31.5 Å². The maximum absolute atomic E-state index is 4.51. The van der Waals surface area contributed by atoms with Crippen molar-refractivity contribution in [2.45, 2.75) is 57.4 Å². The van der Waals surface area contributed by atoms with E-state index in [4.69, 9.17) is 0 Å². The van der Waals surface area contributed by atoms with E-state index in [9.17, 15) is 0 Å². The number of nitrogens with zero attached hydrogens (tertiary/aromatic N) is 3. The molecule has 3 rings (SSSR count). The highest BCUT2D eigenvalue weighted by Gasteiger charge is 2.17. The van der Waals surface area contributed by atoms with Crippen molar-refractivity contribution in [3.63, 3.8) is 0 Å². The van der Waals surface area contributed by atoms with Crippen LogP contribution in [0.3, 0.4) is 0 Å². The number of likely N-dealkylation sites (tertiary alicyclic amines) is 1. The molecule has 0 amide bonds. The highest BCUT2D eigenvalue weighted by Crippen LogP contribution is 2.30. The minimum atomic E-state index is 0.670. The summed E-state index contributed by atoms with van der Waals surface area (Å²) in [5.74, 6) is 1.08. The number of piperidine rings is 1.